The minimum Gasteiger partial charge on any atom is -0.461 e. The van der Waals surface area contributed by atoms with E-state index >= 15 is 0 Å². The highest BCUT2D eigenvalue weighted by molar-refractivity contribution is 5.83. The van der Waals surface area contributed by atoms with Gasteiger partial charge in [0.2, 0.25) is 0 Å². The Labute approximate surface area is 161 Å². The lowest BCUT2D eigenvalue weighted by molar-refractivity contribution is -0.160. The largest absolute Gasteiger partial charge is 0.461 e. The van der Waals surface area contributed by atoms with Crippen molar-refractivity contribution in [1.82, 2.24) is 0 Å². The number of hydrogen-bond acceptors (Lipinski definition) is 3. The van der Waals surface area contributed by atoms with Crippen molar-refractivity contribution in [1.29, 1.82) is 0 Å². The highest BCUT2D eigenvalue weighted by Crippen LogP contribution is 2.45. The molecule has 3 heteroatoms. The van der Waals surface area contributed by atoms with Crippen LogP contribution in [0.2, 0.25) is 0 Å². The summed E-state index contributed by atoms with van der Waals surface area (Å²) in [5, 5.41) is 0. The van der Waals surface area contributed by atoms with Crippen LogP contribution in [-0.4, -0.2) is 17.9 Å². The quantitative estimate of drug-likeness (QED) is 0.695. The summed E-state index contributed by atoms with van der Waals surface area (Å²) in [5.41, 5.74) is 1.46. The summed E-state index contributed by atoms with van der Waals surface area (Å²) in [4.78, 5) is 24.7. The lowest BCUT2D eigenvalue weighted by atomic mass is 9.65. The van der Waals surface area contributed by atoms with Gasteiger partial charge in [0.1, 0.15) is 11.9 Å². The number of hydrogen-bond donors (Lipinski definition) is 0. The molecule has 142 valence electrons. The fourth-order valence-corrected chi connectivity index (χ4v) is 4.02. The molecule has 1 fully saturated rings. The Morgan fingerprint density at radius 2 is 1.52 bits per heavy atom. The first-order chi connectivity index (χ1) is 12.8. The van der Waals surface area contributed by atoms with Crippen molar-refractivity contribution in [3.63, 3.8) is 0 Å². The van der Waals surface area contributed by atoms with Crippen molar-refractivity contribution in [3.8, 4) is 0 Å². The van der Waals surface area contributed by atoms with Gasteiger partial charge >= 0.3 is 5.97 Å². The van der Waals surface area contributed by atoms with Crippen LogP contribution < -0.4 is 0 Å². The Bertz CT molecular complexity index is 748. The van der Waals surface area contributed by atoms with Crippen LogP contribution in [0.15, 0.2) is 60.7 Å². The van der Waals surface area contributed by atoms with Crippen LogP contribution in [0.4, 0.5) is 0 Å². The molecular weight excluding hydrogens is 336 g/mol. The molecule has 0 amide bonds. The van der Waals surface area contributed by atoms with Gasteiger partial charge in [0.25, 0.3) is 0 Å². The van der Waals surface area contributed by atoms with Crippen molar-refractivity contribution in [2.24, 2.45) is 5.41 Å². The summed E-state index contributed by atoms with van der Waals surface area (Å²) < 4.78 is 5.88. The molecule has 27 heavy (non-hydrogen) atoms. The van der Waals surface area contributed by atoms with E-state index in [4.69, 9.17) is 4.74 Å². The molecule has 0 saturated carbocycles. The number of ether oxygens (including phenoxy) is 1. The van der Waals surface area contributed by atoms with Gasteiger partial charge in [0, 0.05) is 18.3 Å². The van der Waals surface area contributed by atoms with Gasteiger partial charge in [-0.05, 0) is 24.0 Å². The smallest absolute Gasteiger partial charge is 0.306 e. The Balaban J connectivity index is 2.03. The number of benzene rings is 2. The van der Waals surface area contributed by atoms with Gasteiger partial charge in [-0.3, -0.25) is 9.59 Å². The van der Waals surface area contributed by atoms with Gasteiger partial charge in [-0.25, -0.2) is 0 Å². The Morgan fingerprint density at radius 3 is 2.00 bits per heavy atom. The second kappa shape index (κ2) is 7.67. The number of ketones is 1. The number of cyclic esters (lactones) is 1. The minimum absolute atomic E-state index is 0.175. The van der Waals surface area contributed by atoms with E-state index in [1.54, 1.807) is 0 Å². The molecule has 0 N–H and O–H groups in total. The summed E-state index contributed by atoms with van der Waals surface area (Å²) in [6, 6.07) is 20.5. The third-order valence-electron chi connectivity index (χ3n) is 5.59. The van der Waals surface area contributed by atoms with Crippen molar-refractivity contribution in [2.45, 2.75) is 58.0 Å². The van der Waals surface area contributed by atoms with E-state index in [0.717, 1.165) is 11.1 Å². The lowest BCUT2D eigenvalue weighted by Gasteiger charge is -2.44. The molecule has 0 aliphatic carbocycles. The molecule has 2 aromatic carbocycles. The lowest BCUT2D eigenvalue weighted by Crippen LogP contribution is -2.48. The van der Waals surface area contributed by atoms with Gasteiger partial charge in [0.05, 0.1) is 5.41 Å². The molecule has 0 spiro atoms. The Hall–Kier alpha value is -2.42. The molecule has 1 aliphatic heterocycles. The van der Waals surface area contributed by atoms with E-state index in [1.807, 2.05) is 57.2 Å². The van der Waals surface area contributed by atoms with Crippen LogP contribution in [-0.2, 0) is 19.7 Å². The predicted octanol–water partition coefficient (Wildman–Crippen LogP) is 5.07. The zero-order chi connectivity index (χ0) is 19.5. The maximum atomic E-state index is 12.5. The van der Waals surface area contributed by atoms with Crippen LogP contribution in [0.25, 0.3) is 0 Å². The van der Waals surface area contributed by atoms with E-state index in [-0.39, 0.29) is 23.3 Å². The van der Waals surface area contributed by atoms with E-state index in [9.17, 15) is 9.59 Å². The minimum atomic E-state index is -0.422. The van der Waals surface area contributed by atoms with Gasteiger partial charge in [-0.15, -0.1) is 0 Å². The first kappa shape index (κ1) is 19.3. The zero-order valence-electron chi connectivity index (χ0n) is 16.4. The second-order valence-electron chi connectivity index (χ2n) is 8.39. The average molecular weight is 364 g/mol. The number of rotatable bonds is 5. The number of Topliss-reactive ketones (excluding diaryl/α,β-unsaturated/α-hetero) is 1. The van der Waals surface area contributed by atoms with E-state index in [1.165, 1.54) is 0 Å². The summed E-state index contributed by atoms with van der Waals surface area (Å²) in [6.45, 7) is 5.80. The first-order valence-electron chi connectivity index (χ1n) is 9.68. The van der Waals surface area contributed by atoms with Crippen molar-refractivity contribution >= 4 is 11.8 Å². The van der Waals surface area contributed by atoms with Crippen LogP contribution in [0, 0.1) is 5.41 Å². The van der Waals surface area contributed by atoms with Gasteiger partial charge in [0.15, 0.2) is 0 Å². The van der Waals surface area contributed by atoms with Crippen LogP contribution in [0.1, 0.15) is 57.6 Å². The normalized spacial score (nSPS) is 19.4. The maximum absolute atomic E-state index is 12.5. The highest BCUT2D eigenvalue weighted by atomic mass is 16.5. The standard InChI is InChI=1S/C24H28O3/c1-23(2,3)20(25)14-15-21-24(17-16-22(26)27-21,18-10-6-4-7-11-18)19-12-8-5-9-13-19/h4-13,21H,14-17H2,1-3H3. The fourth-order valence-electron chi connectivity index (χ4n) is 4.02. The summed E-state index contributed by atoms with van der Waals surface area (Å²) >= 11 is 0. The van der Waals surface area contributed by atoms with Crippen LogP contribution in [0.5, 0.6) is 0 Å². The average Bonchev–Trinajstić information content (AvgIpc) is 2.67. The highest BCUT2D eigenvalue weighted by Gasteiger charge is 2.47. The number of carbonyl (C=O) groups is 2. The molecule has 3 rings (SSSR count). The second-order valence-corrected chi connectivity index (χ2v) is 8.39. The molecule has 0 radical (unpaired) electrons. The van der Waals surface area contributed by atoms with Crippen molar-refractivity contribution in [2.75, 3.05) is 0 Å². The van der Waals surface area contributed by atoms with E-state index in [0.29, 0.717) is 25.7 Å². The summed E-state index contributed by atoms with van der Waals surface area (Å²) in [7, 11) is 0. The van der Waals surface area contributed by atoms with Crippen LogP contribution in [0.3, 0.4) is 0 Å². The molecule has 1 unspecified atom stereocenters. The Kier molecular flexibility index (Phi) is 5.50. The molecule has 1 aliphatic rings. The molecular formula is C24H28O3. The monoisotopic (exact) mass is 364 g/mol. The predicted molar refractivity (Wildman–Crippen MR) is 106 cm³/mol. The van der Waals surface area contributed by atoms with Gasteiger partial charge in [-0.2, -0.15) is 0 Å². The summed E-state index contributed by atoms with van der Waals surface area (Å²) in [6.07, 6.45) is 1.66. The van der Waals surface area contributed by atoms with Gasteiger partial charge < -0.3 is 4.74 Å². The zero-order valence-corrected chi connectivity index (χ0v) is 16.4. The third kappa shape index (κ3) is 3.97. The van der Waals surface area contributed by atoms with Crippen LogP contribution >= 0.6 is 0 Å². The third-order valence-corrected chi connectivity index (χ3v) is 5.59. The topological polar surface area (TPSA) is 43.4 Å². The van der Waals surface area contributed by atoms with Gasteiger partial charge in [-0.1, -0.05) is 81.4 Å². The molecule has 1 atom stereocenters. The van der Waals surface area contributed by atoms with E-state index < -0.39 is 5.41 Å². The maximum Gasteiger partial charge on any atom is 0.306 e. The molecule has 1 saturated heterocycles. The molecule has 0 aromatic heterocycles. The molecule has 3 nitrogen and oxygen atoms in total. The van der Waals surface area contributed by atoms with Crippen molar-refractivity contribution < 1.29 is 14.3 Å². The molecule has 1 heterocycles. The molecule has 2 aromatic rings. The van der Waals surface area contributed by atoms with Crippen molar-refractivity contribution in [3.05, 3.63) is 71.8 Å². The SMILES string of the molecule is CC(C)(C)C(=O)CCC1OC(=O)CCC1(c1ccccc1)c1ccccc1. The van der Waals surface area contributed by atoms with E-state index in [2.05, 4.69) is 24.3 Å². The number of esters is 1. The summed E-state index contributed by atoms with van der Waals surface area (Å²) in [5.74, 6) is 0.0184. The molecule has 0 bridgehead atoms. The fraction of sp³-hybridized carbons (Fsp3) is 0.417. The number of carbonyl (C=O) groups excluding carboxylic acids is 2. The Morgan fingerprint density at radius 1 is 1.00 bits per heavy atom. The first-order valence-corrected chi connectivity index (χ1v) is 9.68.